The van der Waals surface area contributed by atoms with Crippen LogP contribution in [-0.2, 0) is 48.1 Å². The van der Waals surface area contributed by atoms with Crippen molar-refractivity contribution >= 4 is 17.1 Å². The van der Waals surface area contributed by atoms with Crippen LogP contribution in [0.3, 0.4) is 0 Å². The Labute approximate surface area is 360 Å². The van der Waals surface area contributed by atoms with E-state index >= 15 is 0 Å². The van der Waals surface area contributed by atoms with Gasteiger partial charge in [0, 0.05) is 61.7 Å². The quantitative estimate of drug-likeness (QED) is 0.165. The Hall–Kier alpha value is -4.60. The van der Waals surface area contributed by atoms with Crippen molar-refractivity contribution < 1.29 is 25.8 Å². The van der Waals surface area contributed by atoms with E-state index in [1.807, 2.05) is 30.5 Å². The molecule has 0 saturated carbocycles. The third-order valence-electron chi connectivity index (χ3n) is 12.3. The molecular formula is C52H55N4OPt-3. The minimum atomic E-state index is -0.639. The number of ether oxygens (including phenoxy) is 1. The van der Waals surface area contributed by atoms with Crippen LogP contribution < -0.4 is 14.5 Å². The molecule has 0 unspecified atom stereocenters. The number of hydrogen-bond acceptors (Lipinski definition) is 4. The molecule has 0 N–H and O–H groups in total. The van der Waals surface area contributed by atoms with Crippen molar-refractivity contribution in [1.82, 2.24) is 9.78 Å². The number of rotatable bonds is 3. The van der Waals surface area contributed by atoms with Crippen LogP contribution >= 0.6 is 0 Å². The molecule has 6 heteroatoms. The zero-order valence-electron chi connectivity index (χ0n) is 36.3. The summed E-state index contributed by atoms with van der Waals surface area (Å²) in [7, 11) is 2.15. The summed E-state index contributed by atoms with van der Waals surface area (Å²) >= 11 is 0. The molecule has 9 rings (SSSR count). The van der Waals surface area contributed by atoms with Crippen molar-refractivity contribution in [3.05, 3.63) is 155 Å². The van der Waals surface area contributed by atoms with Crippen LogP contribution in [0.25, 0.3) is 16.8 Å². The molecule has 5 aromatic carbocycles. The summed E-state index contributed by atoms with van der Waals surface area (Å²) in [5.41, 5.74) is 16.6. The van der Waals surface area contributed by atoms with Gasteiger partial charge in [0.15, 0.2) is 0 Å². The van der Waals surface area contributed by atoms with Crippen molar-refractivity contribution in [2.45, 2.75) is 110 Å². The Kier molecular flexibility index (Phi) is 9.15. The first kappa shape index (κ1) is 40.2. The topological polar surface area (TPSA) is 33.5 Å². The number of para-hydroxylation sites is 1. The van der Waals surface area contributed by atoms with Crippen molar-refractivity contribution in [2.75, 3.05) is 16.8 Å². The maximum absolute atomic E-state index is 6.65. The van der Waals surface area contributed by atoms with E-state index in [2.05, 4.69) is 178 Å². The van der Waals surface area contributed by atoms with Gasteiger partial charge in [0.05, 0.1) is 0 Å². The van der Waals surface area contributed by atoms with Gasteiger partial charge in [-0.3, -0.25) is 4.68 Å². The van der Waals surface area contributed by atoms with Gasteiger partial charge in [-0.2, -0.15) is 23.9 Å². The monoisotopic (exact) mass is 946 g/mol. The molecule has 0 fully saturated rings. The molecule has 6 aromatic rings. The average molecular weight is 947 g/mol. The van der Waals surface area contributed by atoms with E-state index in [-0.39, 0.29) is 42.7 Å². The number of aromatic nitrogens is 2. The van der Waals surface area contributed by atoms with E-state index in [1.165, 1.54) is 67.0 Å². The Morgan fingerprint density at radius 3 is 1.78 bits per heavy atom. The largest absolute Gasteiger partial charge is 0.509 e. The molecule has 1 aromatic heterocycles. The molecule has 0 radical (unpaired) electrons. The standard InChI is InChI=1S/C52H55N4O.Pt/c1-48(2,3)32-25-37-38-26-33(49(4,5)6)28-42(51(10,11)12)46(38)52(45(37)41(27-32)50(7,8)9)39-22-21-36(57-35-18-14-17-34(29-35)56-24-16-23-53-56)30-44(39)55-31-54(13)43-20-15-19-40(52)47(43)55;/h14-28,31H,1-13H3;/q-3;. The molecule has 3 aliphatic rings. The molecule has 3 heterocycles. The predicted molar refractivity (Wildman–Crippen MR) is 235 cm³/mol. The fraction of sp³-hybridized carbons (Fsp3) is 0.346. The van der Waals surface area contributed by atoms with Crippen molar-refractivity contribution in [1.29, 1.82) is 0 Å². The fourth-order valence-electron chi connectivity index (χ4n) is 9.38. The molecule has 302 valence electrons. The maximum Gasteiger partial charge on any atom is 0.0493 e. The Morgan fingerprint density at radius 1 is 0.638 bits per heavy atom. The van der Waals surface area contributed by atoms with Gasteiger partial charge >= 0.3 is 0 Å². The first-order chi connectivity index (χ1) is 26.7. The van der Waals surface area contributed by atoms with Crippen LogP contribution in [0.1, 0.15) is 128 Å². The molecule has 1 aliphatic carbocycles. The zero-order valence-corrected chi connectivity index (χ0v) is 38.5. The van der Waals surface area contributed by atoms with Crippen LogP contribution in [0.15, 0.2) is 91.3 Å². The SMILES string of the molecule is CN1[CH-]N2c3[c-]c(Oc4[c-]c(-n5cccn5)ccc4)ccc3C3(c4cccc1c42)c1c(cc(C(C)(C)C)cc1C(C)(C)C)-c1cc(C(C)(C)C)cc(C(C)(C)C)c13.[Pt]. The van der Waals surface area contributed by atoms with Gasteiger partial charge in [-0.1, -0.05) is 125 Å². The summed E-state index contributed by atoms with van der Waals surface area (Å²) in [6.45, 7) is 30.6. The normalized spacial score (nSPS) is 15.2. The van der Waals surface area contributed by atoms with Gasteiger partial charge < -0.3 is 14.5 Å². The Balaban J connectivity index is 0.00000469. The van der Waals surface area contributed by atoms with Crippen LogP contribution in [0, 0.1) is 18.8 Å². The molecule has 0 amide bonds. The second-order valence-electron chi connectivity index (χ2n) is 20.5. The summed E-state index contributed by atoms with van der Waals surface area (Å²) in [5, 5.41) is 4.42. The smallest absolute Gasteiger partial charge is 0.0493 e. The van der Waals surface area contributed by atoms with Gasteiger partial charge in [-0.05, 0) is 96.6 Å². The third-order valence-corrected chi connectivity index (χ3v) is 12.3. The van der Waals surface area contributed by atoms with E-state index in [4.69, 9.17) is 4.74 Å². The van der Waals surface area contributed by atoms with Gasteiger partial charge in [-0.25, -0.2) is 0 Å². The summed E-state index contributed by atoms with van der Waals surface area (Å²) in [6.07, 6.45) is 3.69. The molecule has 2 aliphatic heterocycles. The molecule has 0 saturated heterocycles. The van der Waals surface area contributed by atoms with Crippen LogP contribution in [0.5, 0.6) is 11.5 Å². The van der Waals surface area contributed by atoms with Crippen molar-refractivity contribution in [3.8, 4) is 28.3 Å². The van der Waals surface area contributed by atoms with Gasteiger partial charge in [0.25, 0.3) is 0 Å². The zero-order chi connectivity index (χ0) is 40.6. The fourth-order valence-corrected chi connectivity index (χ4v) is 9.38. The minimum absolute atomic E-state index is 0. The predicted octanol–water partition coefficient (Wildman–Crippen LogP) is 12.8. The molecule has 0 atom stereocenters. The Morgan fingerprint density at radius 2 is 1.22 bits per heavy atom. The molecule has 5 nitrogen and oxygen atoms in total. The number of benzene rings is 5. The number of anilines is 3. The first-order valence-electron chi connectivity index (χ1n) is 20.4. The van der Waals surface area contributed by atoms with Gasteiger partial charge in [0.2, 0.25) is 0 Å². The number of nitrogens with zero attached hydrogens (tertiary/aromatic N) is 4. The molecular weight excluding hydrogens is 892 g/mol. The third kappa shape index (κ3) is 6.01. The summed E-state index contributed by atoms with van der Waals surface area (Å²) in [6, 6.07) is 36.6. The van der Waals surface area contributed by atoms with Crippen LogP contribution in [0.4, 0.5) is 17.1 Å². The van der Waals surface area contributed by atoms with Crippen molar-refractivity contribution in [3.63, 3.8) is 0 Å². The second-order valence-corrected chi connectivity index (χ2v) is 20.5. The van der Waals surface area contributed by atoms with Crippen molar-refractivity contribution in [2.24, 2.45) is 0 Å². The summed E-state index contributed by atoms with van der Waals surface area (Å²) < 4.78 is 8.45. The van der Waals surface area contributed by atoms with Gasteiger partial charge in [0.1, 0.15) is 0 Å². The molecule has 1 spiro atoms. The van der Waals surface area contributed by atoms with E-state index in [0.29, 0.717) is 11.5 Å². The summed E-state index contributed by atoms with van der Waals surface area (Å²) in [5.74, 6) is 1.25. The summed E-state index contributed by atoms with van der Waals surface area (Å²) in [4.78, 5) is 4.60. The number of fused-ring (bicyclic) bond motifs is 9. The van der Waals surface area contributed by atoms with Crippen LogP contribution in [-0.4, -0.2) is 16.8 Å². The van der Waals surface area contributed by atoms with E-state index < -0.39 is 5.41 Å². The number of hydrogen-bond donors (Lipinski definition) is 0. The first-order valence-corrected chi connectivity index (χ1v) is 20.4. The van der Waals surface area contributed by atoms with Crippen LogP contribution in [0.2, 0.25) is 0 Å². The molecule has 58 heavy (non-hydrogen) atoms. The maximum atomic E-state index is 6.65. The molecule has 0 bridgehead atoms. The minimum Gasteiger partial charge on any atom is -0.509 e. The van der Waals surface area contributed by atoms with E-state index in [9.17, 15) is 0 Å². The van der Waals surface area contributed by atoms with E-state index in [1.54, 1.807) is 10.9 Å². The van der Waals surface area contributed by atoms with Gasteiger partial charge in [-0.15, -0.1) is 35.9 Å². The average Bonchev–Trinajstić information content (AvgIpc) is 3.86. The second kappa shape index (κ2) is 13.2. The van der Waals surface area contributed by atoms with E-state index in [0.717, 1.165) is 11.4 Å². The Bertz CT molecular complexity index is 2510.